The Balaban J connectivity index is 2.19. The number of nitrogens with one attached hydrogen (secondary N) is 1. The minimum absolute atomic E-state index is 0.0343. The second kappa shape index (κ2) is 12.3. The van der Waals surface area contributed by atoms with Gasteiger partial charge in [-0.1, -0.05) is 31.2 Å². The Bertz CT molecular complexity index is 674. The van der Waals surface area contributed by atoms with Crippen LogP contribution in [0.15, 0.2) is 40.8 Å². The summed E-state index contributed by atoms with van der Waals surface area (Å²) in [7, 11) is -2.40. The zero-order chi connectivity index (χ0) is 19.4. The lowest BCUT2D eigenvalue weighted by molar-refractivity contribution is -0.109. The SMILES string of the molecule is C=C(NOS(=O)(=O)c1ccc(OC)cc1)SCCCCCCSC(C)=O. The van der Waals surface area contributed by atoms with Crippen LogP contribution in [0.3, 0.4) is 0 Å². The number of methoxy groups -OCH3 is 1. The largest absolute Gasteiger partial charge is 0.497 e. The van der Waals surface area contributed by atoms with Crippen molar-refractivity contribution < 1.29 is 22.2 Å². The minimum atomic E-state index is -3.90. The number of hydroxylamine groups is 1. The molecule has 0 aliphatic rings. The minimum Gasteiger partial charge on any atom is -0.497 e. The summed E-state index contributed by atoms with van der Waals surface area (Å²) in [5.74, 6) is 2.25. The number of hydrogen-bond donors (Lipinski definition) is 1. The van der Waals surface area contributed by atoms with Gasteiger partial charge in [-0.05, 0) is 42.9 Å². The summed E-state index contributed by atoms with van der Waals surface area (Å²) in [4.78, 5) is 10.8. The lowest BCUT2D eigenvalue weighted by Gasteiger charge is -2.10. The molecule has 0 bridgehead atoms. The number of ether oxygens (including phenoxy) is 1. The summed E-state index contributed by atoms with van der Waals surface area (Å²) in [6.07, 6.45) is 4.14. The predicted molar refractivity (Wildman–Crippen MR) is 108 cm³/mol. The van der Waals surface area contributed by atoms with E-state index in [1.165, 1.54) is 42.8 Å². The second-order valence-electron chi connectivity index (χ2n) is 5.34. The molecule has 9 heteroatoms. The van der Waals surface area contributed by atoms with Crippen molar-refractivity contribution in [2.75, 3.05) is 18.6 Å². The average molecular weight is 420 g/mol. The van der Waals surface area contributed by atoms with Crippen LogP contribution in [0.25, 0.3) is 0 Å². The van der Waals surface area contributed by atoms with Gasteiger partial charge in [0.1, 0.15) is 5.75 Å². The molecule has 0 heterocycles. The van der Waals surface area contributed by atoms with Gasteiger partial charge in [-0.2, -0.15) is 8.42 Å². The number of hydrogen-bond acceptors (Lipinski definition) is 8. The van der Waals surface area contributed by atoms with E-state index in [-0.39, 0.29) is 10.0 Å². The molecule has 1 aromatic rings. The number of carbonyl (C=O) groups excluding carboxylic acids is 1. The molecule has 0 saturated carbocycles. The van der Waals surface area contributed by atoms with Crippen LogP contribution in [0.2, 0.25) is 0 Å². The molecule has 1 rings (SSSR count). The number of benzene rings is 1. The lowest BCUT2D eigenvalue weighted by Crippen LogP contribution is -2.18. The van der Waals surface area contributed by atoms with Gasteiger partial charge in [0.25, 0.3) is 0 Å². The zero-order valence-electron chi connectivity index (χ0n) is 15.0. The quantitative estimate of drug-likeness (QED) is 0.380. The van der Waals surface area contributed by atoms with Gasteiger partial charge in [-0.3, -0.25) is 4.79 Å². The van der Waals surface area contributed by atoms with Crippen molar-refractivity contribution in [3.63, 3.8) is 0 Å². The van der Waals surface area contributed by atoms with E-state index in [1.54, 1.807) is 19.1 Å². The van der Waals surface area contributed by atoms with E-state index in [1.807, 2.05) is 0 Å². The zero-order valence-corrected chi connectivity index (χ0v) is 17.5. The van der Waals surface area contributed by atoms with Gasteiger partial charge in [0, 0.05) is 12.7 Å². The smallest absolute Gasteiger partial charge is 0.317 e. The van der Waals surface area contributed by atoms with Crippen molar-refractivity contribution in [1.82, 2.24) is 5.48 Å². The first-order valence-corrected chi connectivity index (χ1v) is 11.5. The molecular formula is C17H25NO5S3. The molecule has 0 spiro atoms. The van der Waals surface area contributed by atoms with Crippen LogP contribution in [0, 0.1) is 0 Å². The van der Waals surface area contributed by atoms with Gasteiger partial charge in [-0.25, -0.2) is 5.48 Å². The summed E-state index contributed by atoms with van der Waals surface area (Å²) >= 11 is 2.77. The fourth-order valence-electron chi connectivity index (χ4n) is 1.89. The van der Waals surface area contributed by atoms with Crippen molar-refractivity contribution >= 4 is 38.8 Å². The predicted octanol–water partition coefficient (Wildman–Crippen LogP) is 3.95. The van der Waals surface area contributed by atoms with Crippen LogP contribution >= 0.6 is 23.5 Å². The summed E-state index contributed by atoms with van der Waals surface area (Å²) < 4.78 is 33.9. The molecule has 26 heavy (non-hydrogen) atoms. The maximum absolute atomic E-state index is 12.1. The maximum Gasteiger partial charge on any atom is 0.317 e. The monoisotopic (exact) mass is 419 g/mol. The highest BCUT2D eigenvalue weighted by molar-refractivity contribution is 8.13. The lowest BCUT2D eigenvalue weighted by atomic mass is 10.2. The highest BCUT2D eigenvalue weighted by Crippen LogP contribution is 2.19. The number of unbranched alkanes of at least 4 members (excludes halogenated alkanes) is 3. The molecular weight excluding hydrogens is 394 g/mol. The van der Waals surface area contributed by atoms with Gasteiger partial charge < -0.3 is 4.74 Å². The summed E-state index contributed by atoms with van der Waals surface area (Å²) in [5.41, 5.74) is 2.38. The van der Waals surface area contributed by atoms with E-state index in [0.717, 1.165) is 37.2 Å². The Morgan fingerprint density at radius 2 is 1.65 bits per heavy atom. The van der Waals surface area contributed by atoms with Crippen LogP contribution in [0.5, 0.6) is 5.75 Å². The summed E-state index contributed by atoms with van der Waals surface area (Å²) in [5, 5.41) is 0.599. The fraction of sp³-hybridized carbons (Fsp3) is 0.471. The summed E-state index contributed by atoms with van der Waals surface area (Å²) in [6, 6.07) is 5.93. The molecule has 0 unspecified atom stereocenters. The normalized spacial score (nSPS) is 11.2. The maximum atomic E-state index is 12.1. The molecule has 0 amide bonds. The topological polar surface area (TPSA) is 81.7 Å². The third kappa shape index (κ3) is 9.51. The van der Waals surface area contributed by atoms with Crippen LogP contribution in [-0.4, -0.2) is 32.1 Å². The first-order chi connectivity index (χ1) is 12.3. The molecule has 1 N–H and O–H groups in total. The van der Waals surface area contributed by atoms with E-state index in [2.05, 4.69) is 12.1 Å². The highest BCUT2D eigenvalue weighted by atomic mass is 32.2. The number of thioether (sulfide) groups is 2. The third-order valence-electron chi connectivity index (χ3n) is 3.23. The van der Waals surface area contributed by atoms with E-state index >= 15 is 0 Å². The van der Waals surface area contributed by atoms with Crippen LogP contribution < -0.4 is 10.2 Å². The Morgan fingerprint density at radius 3 is 2.19 bits per heavy atom. The Labute approximate surface area is 164 Å². The van der Waals surface area contributed by atoms with Gasteiger partial charge >= 0.3 is 10.1 Å². The van der Waals surface area contributed by atoms with Crippen molar-refractivity contribution in [3.05, 3.63) is 35.9 Å². The molecule has 146 valence electrons. The summed E-state index contributed by atoms with van der Waals surface area (Å²) in [6.45, 7) is 5.33. The van der Waals surface area contributed by atoms with Crippen LogP contribution in [0.1, 0.15) is 32.6 Å². The Morgan fingerprint density at radius 1 is 1.08 bits per heavy atom. The molecule has 0 aliphatic carbocycles. The first kappa shape index (κ1) is 22.9. The number of rotatable bonds is 13. The molecule has 6 nitrogen and oxygen atoms in total. The van der Waals surface area contributed by atoms with Crippen molar-refractivity contribution in [1.29, 1.82) is 0 Å². The molecule has 0 atom stereocenters. The Kier molecular flexibility index (Phi) is 10.8. The van der Waals surface area contributed by atoms with Crippen molar-refractivity contribution in [2.45, 2.75) is 37.5 Å². The third-order valence-corrected chi connectivity index (χ3v) is 6.21. The highest BCUT2D eigenvalue weighted by Gasteiger charge is 2.16. The molecule has 0 aromatic heterocycles. The molecule has 1 aromatic carbocycles. The van der Waals surface area contributed by atoms with Gasteiger partial charge in [-0.15, -0.1) is 16.0 Å². The molecule has 0 saturated heterocycles. The molecule has 0 radical (unpaired) electrons. The van der Waals surface area contributed by atoms with Gasteiger partial charge in [0.2, 0.25) is 0 Å². The van der Waals surface area contributed by atoms with Gasteiger partial charge in [0.15, 0.2) is 5.12 Å². The van der Waals surface area contributed by atoms with E-state index < -0.39 is 10.1 Å². The molecule has 0 aliphatic heterocycles. The standard InChI is InChI=1S/C17H25NO5S3/c1-14(24-12-6-4-5-7-13-25-15(2)19)18-23-26(20,21)17-10-8-16(22-3)9-11-17/h8-11,18H,1,4-7,12-13H2,2-3H3. The van der Waals surface area contributed by atoms with E-state index in [0.29, 0.717) is 10.8 Å². The average Bonchev–Trinajstić information content (AvgIpc) is 2.62. The van der Waals surface area contributed by atoms with Crippen LogP contribution in [-0.2, 0) is 19.2 Å². The number of carbonyl (C=O) groups is 1. The Hall–Kier alpha value is -1.16. The second-order valence-corrected chi connectivity index (χ2v) is 9.35. The fourth-order valence-corrected chi connectivity index (χ4v) is 4.05. The van der Waals surface area contributed by atoms with Crippen LogP contribution in [0.4, 0.5) is 0 Å². The molecule has 0 fully saturated rings. The van der Waals surface area contributed by atoms with Gasteiger partial charge in [0.05, 0.1) is 17.0 Å². The van der Waals surface area contributed by atoms with Crippen molar-refractivity contribution in [3.8, 4) is 5.75 Å². The van der Waals surface area contributed by atoms with E-state index in [4.69, 9.17) is 9.02 Å². The van der Waals surface area contributed by atoms with Crippen molar-refractivity contribution in [2.24, 2.45) is 0 Å². The van der Waals surface area contributed by atoms with E-state index in [9.17, 15) is 13.2 Å². The first-order valence-electron chi connectivity index (χ1n) is 8.14.